The Labute approximate surface area is 108 Å². The zero-order valence-electron chi connectivity index (χ0n) is 12.3. The van der Waals surface area contributed by atoms with E-state index in [2.05, 4.69) is 39.1 Å². The SMILES string of the molecule is CCC1CCCC(C(C)=CCCNC(C)C)C1. The largest absolute Gasteiger partial charge is 0.314 e. The fraction of sp³-hybridized carbons (Fsp3) is 0.875. The van der Waals surface area contributed by atoms with Gasteiger partial charge in [0.25, 0.3) is 0 Å². The van der Waals surface area contributed by atoms with Crippen molar-refractivity contribution in [3.8, 4) is 0 Å². The lowest BCUT2D eigenvalue weighted by molar-refractivity contribution is 0.288. The van der Waals surface area contributed by atoms with Gasteiger partial charge in [-0.25, -0.2) is 0 Å². The first-order valence-corrected chi connectivity index (χ1v) is 7.53. The Morgan fingerprint density at radius 3 is 2.76 bits per heavy atom. The molecule has 1 aliphatic rings. The normalized spacial score (nSPS) is 26.5. The summed E-state index contributed by atoms with van der Waals surface area (Å²) in [6.45, 7) is 10.2. The van der Waals surface area contributed by atoms with Crippen LogP contribution in [0.15, 0.2) is 11.6 Å². The van der Waals surface area contributed by atoms with Gasteiger partial charge in [-0.2, -0.15) is 0 Å². The first kappa shape index (κ1) is 14.8. The molecule has 2 atom stereocenters. The van der Waals surface area contributed by atoms with Crippen LogP contribution in [0.25, 0.3) is 0 Å². The molecule has 1 nitrogen and oxygen atoms in total. The lowest BCUT2D eigenvalue weighted by Gasteiger charge is -2.29. The fourth-order valence-electron chi connectivity index (χ4n) is 2.91. The number of allylic oxidation sites excluding steroid dienone is 1. The monoisotopic (exact) mass is 237 g/mol. The molecule has 1 N–H and O–H groups in total. The molecule has 1 heteroatoms. The minimum absolute atomic E-state index is 0.614. The van der Waals surface area contributed by atoms with E-state index in [1.807, 2.05) is 0 Å². The minimum atomic E-state index is 0.614. The Morgan fingerprint density at radius 2 is 2.12 bits per heavy atom. The van der Waals surface area contributed by atoms with Crippen molar-refractivity contribution in [3.05, 3.63) is 11.6 Å². The summed E-state index contributed by atoms with van der Waals surface area (Å²) in [7, 11) is 0. The van der Waals surface area contributed by atoms with Crippen molar-refractivity contribution in [2.45, 2.75) is 72.3 Å². The average molecular weight is 237 g/mol. The highest BCUT2D eigenvalue weighted by molar-refractivity contribution is 5.05. The highest BCUT2D eigenvalue weighted by atomic mass is 14.9. The van der Waals surface area contributed by atoms with Crippen molar-refractivity contribution >= 4 is 0 Å². The molecular formula is C16H31N. The van der Waals surface area contributed by atoms with E-state index in [-0.39, 0.29) is 0 Å². The molecule has 0 aromatic carbocycles. The van der Waals surface area contributed by atoms with Crippen molar-refractivity contribution < 1.29 is 0 Å². The molecule has 1 aliphatic carbocycles. The van der Waals surface area contributed by atoms with E-state index in [0.29, 0.717) is 6.04 Å². The van der Waals surface area contributed by atoms with Crippen LogP contribution in [0.4, 0.5) is 0 Å². The van der Waals surface area contributed by atoms with Crippen LogP contribution in [0, 0.1) is 11.8 Å². The summed E-state index contributed by atoms with van der Waals surface area (Å²) in [5, 5.41) is 3.48. The van der Waals surface area contributed by atoms with Crippen LogP contribution in [0.5, 0.6) is 0 Å². The van der Waals surface area contributed by atoms with E-state index < -0.39 is 0 Å². The summed E-state index contributed by atoms with van der Waals surface area (Å²) in [6, 6.07) is 0.614. The second kappa shape index (κ2) is 7.92. The first-order valence-electron chi connectivity index (χ1n) is 7.53. The fourth-order valence-corrected chi connectivity index (χ4v) is 2.91. The number of nitrogens with one attached hydrogen (secondary N) is 1. The van der Waals surface area contributed by atoms with E-state index in [4.69, 9.17) is 0 Å². The van der Waals surface area contributed by atoms with Crippen molar-refractivity contribution in [3.63, 3.8) is 0 Å². The van der Waals surface area contributed by atoms with E-state index in [1.165, 1.54) is 38.5 Å². The van der Waals surface area contributed by atoms with Gasteiger partial charge in [0.2, 0.25) is 0 Å². The van der Waals surface area contributed by atoms with Crippen LogP contribution in [0.3, 0.4) is 0 Å². The standard InChI is InChI=1S/C16H31N/c1-5-15-9-6-10-16(12-15)14(4)8-7-11-17-13(2)3/h8,13,15-17H,5-7,9-12H2,1-4H3. The second-order valence-electron chi connectivity index (χ2n) is 5.98. The zero-order chi connectivity index (χ0) is 12.7. The highest BCUT2D eigenvalue weighted by Gasteiger charge is 2.21. The van der Waals surface area contributed by atoms with Crippen LogP contribution in [-0.2, 0) is 0 Å². The predicted octanol–water partition coefficient (Wildman–Crippen LogP) is 4.54. The summed E-state index contributed by atoms with van der Waals surface area (Å²) >= 11 is 0. The molecule has 0 heterocycles. The Balaban J connectivity index is 2.29. The summed E-state index contributed by atoms with van der Waals surface area (Å²) in [6.07, 6.45) is 10.8. The molecule has 2 unspecified atom stereocenters. The van der Waals surface area contributed by atoms with Crippen molar-refractivity contribution in [1.82, 2.24) is 5.32 Å². The molecule has 100 valence electrons. The van der Waals surface area contributed by atoms with E-state index in [1.54, 1.807) is 5.57 Å². The number of rotatable bonds is 6. The molecule has 0 radical (unpaired) electrons. The minimum Gasteiger partial charge on any atom is -0.314 e. The summed E-state index contributed by atoms with van der Waals surface area (Å²) in [4.78, 5) is 0. The van der Waals surface area contributed by atoms with Gasteiger partial charge in [0.05, 0.1) is 0 Å². The lowest BCUT2D eigenvalue weighted by atomic mass is 9.77. The zero-order valence-corrected chi connectivity index (χ0v) is 12.3. The van der Waals surface area contributed by atoms with Crippen LogP contribution in [0.1, 0.15) is 66.2 Å². The summed E-state index contributed by atoms with van der Waals surface area (Å²) < 4.78 is 0. The van der Waals surface area contributed by atoms with Gasteiger partial charge in [0.1, 0.15) is 0 Å². The maximum absolute atomic E-state index is 3.48. The molecular weight excluding hydrogens is 206 g/mol. The van der Waals surface area contributed by atoms with Crippen molar-refractivity contribution in [2.75, 3.05) is 6.54 Å². The number of hydrogen-bond donors (Lipinski definition) is 1. The molecule has 0 aromatic rings. The quantitative estimate of drug-likeness (QED) is 0.528. The molecule has 17 heavy (non-hydrogen) atoms. The van der Waals surface area contributed by atoms with Gasteiger partial charge in [-0.15, -0.1) is 0 Å². The van der Waals surface area contributed by atoms with Gasteiger partial charge in [-0.3, -0.25) is 0 Å². The van der Waals surface area contributed by atoms with Crippen molar-refractivity contribution in [2.24, 2.45) is 11.8 Å². The van der Waals surface area contributed by atoms with Crippen LogP contribution < -0.4 is 5.32 Å². The smallest absolute Gasteiger partial charge is 0.00105 e. The van der Waals surface area contributed by atoms with Crippen LogP contribution in [0.2, 0.25) is 0 Å². The Morgan fingerprint density at radius 1 is 1.35 bits per heavy atom. The van der Waals surface area contributed by atoms with Gasteiger partial charge in [-0.1, -0.05) is 51.7 Å². The highest BCUT2D eigenvalue weighted by Crippen LogP contribution is 2.34. The van der Waals surface area contributed by atoms with E-state index >= 15 is 0 Å². The molecule has 1 saturated carbocycles. The van der Waals surface area contributed by atoms with Crippen LogP contribution >= 0.6 is 0 Å². The molecule has 0 aliphatic heterocycles. The Hall–Kier alpha value is -0.300. The van der Waals surface area contributed by atoms with Gasteiger partial charge in [-0.05, 0) is 44.6 Å². The predicted molar refractivity (Wildman–Crippen MR) is 77.3 cm³/mol. The Kier molecular flexibility index (Phi) is 6.87. The Bertz CT molecular complexity index is 230. The maximum Gasteiger partial charge on any atom is 0.00105 e. The first-order chi connectivity index (χ1) is 8.13. The second-order valence-corrected chi connectivity index (χ2v) is 5.98. The van der Waals surface area contributed by atoms with Gasteiger partial charge < -0.3 is 5.32 Å². The third-order valence-electron chi connectivity index (χ3n) is 4.17. The van der Waals surface area contributed by atoms with E-state index in [9.17, 15) is 0 Å². The molecule has 0 aromatic heterocycles. The average Bonchev–Trinajstić information content (AvgIpc) is 2.34. The van der Waals surface area contributed by atoms with Crippen molar-refractivity contribution in [1.29, 1.82) is 0 Å². The van der Waals surface area contributed by atoms with E-state index in [0.717, 1.165) is 18.4 Å². The topological polar surface area (TPSA) is 12.0 Å². The molecule has 0 amide bonds. The molecule has 1 rings (SSSR count). The third-order valence-corrected chi connectivity index (χ3v) is 4.17. The van der Waals surface area contributed by atoms with Crippen LogP contribution in [-0.4, -0.2) is 12.6 Å². The maximum atomic E-state index is 3.48. The van der Waals surface area contributed by atoms with Gasteiger partial charge in [0.15, 0.2) is 0 Å². The molecule has 0 saturated heterocycles. The molecule has 0 bridgehead atoms. The number of hydrogen-bond acceptors (Lipinski definition) is 1. The lowest BCUT2D eigenvalue weighted by Crippen LogP contribution is -2.23. The summed E-state index contributed by atoms with van der Waals surface area (Å²) in [5.41, 5.74) is 1.65. The van der Waals surface area contributed by atoms with Gasteiger partial charge in [0, 0.05) is 6.04 Å². The molecule has 1 fully saturated rings. The molecule has 0 spiro atoms. The third kappa shape index (κ3) is 5.72. The summed E-state index contributed by atoms with van der Waals surface area (Å²) in [5.74, 6) is 1.87. The van der Waals surface area contributed by atoms with Gasteiger partial charge >= 0.3 is 0 Å².